The molecule has 0 radical (unpaired) electrons. The van der Waals surface area contributed by atoms with Crippen LogP contribution in [0.15, 0.2) is 0 Å². The molecule has 1 aliphatic rings. The minimum atomic E-state index is -0.148. The summed E-state index contributed by atoms with van der Waals surface area (Å²) in [5.74, 6) is 1.09. The summed E-state index contributed by atoms with van der Waals surface area (Å²) >= 11 is 0. The first-order chi connectivity index (χ1) is 7.83. The van der Waals surface area contributed by atoms with Gasteiger partial charge in [-0.1, -0.05) is 27.7 Å². The predicted octanol–water partition coefficient (Wildman–Crippen LogP) is 2.85. The monoisotopic (exact) mass is 239 g/mol. The van der Waals surface area contributed by atoms with E-state index in [2.05, 4.69) is 32.6 Å². The number of hydrogen-bond acceptors (Lipinski definition) is 2. The van der Waals surface area contributed by atoms with Gasteiger partial charge >= 0.3 is 0 Å². The zero-order valence-corrected chi connectivity index (χ0v) is 11.9. The van der Waals surface area contributed by atoms with Crippen LogP contribution in [0.2, 0.25) is 0 Å². The fourth-order valence-electron chi connectivity index (χ4n) is 1.90. The third-order valence-electron chi connectivity index (χ3n) is 3.81. The van der Waals surface area contributed by atoms with Gasteiger partial charge in [0.05, 0.1) is 5.84 Å². The molecule has 3 N–H and O–H groups in total. The van der Waals surface area contributed by atoms with Crippen LogP contribution in [0.25, 0.3) is 0 Å². The van der Waals surface area contributed by atoms with E-state index in [9.17, 15) is 0 Å². The largest absolute Gasteiger partial charge is 0.387 e. The topological polar surface area (TPSA) is 53.1 Å². The van der Waals surface area contributed by atoms with Crippen molar-refractivity contribution in [1.29, 1.82) is 5.41 Å². The summed E-state index contributed by atoms with van der Waals surface area (Å²) in [6, 6.07) is 0.816. The number of nitrogens with one attached hydrogen (secondary N) is 1. The average molecular weight is 239 g/mol. The Hall–Kier alpha value is -0.570. The maximum atomic E-state index is 7.59. The molecule has 0 aromatic rings. The van der Waals surface area contributed by atoms with Crippen LogP contribution in [-0.4, -0.2) is 29.9 Å². The Bertz CT molecular complexity index is 254. The van der Waals surface area contributed by atoms with E-state index in [-0.39, 0.29) is 5.41 Å². The molecule has 1 aliphatic carbocycles. The van der Waals surface area contributed by atoms with Crippen molar-refractivity contribution < 1.29 is 0 Å². The van der Waals surface area contributed by atoms with Crippen LogP contribution in [0.4, 0.5) is 0 Å². The van der Waals surface area contributed by atoms with Crippen LogP contribution in [0.1, 0.15) is 53.4 Å². The molecule has 0 saturated heterocycles. The molecule has 0 aromatic heterocycles. The van der Waals surface area contributed by atoms with Gasteiger partial charge in [-0.15, -0.1) is 0 Å². The second-order valence-electron chi connectivity index (χ2n) is 6.50. The Labute approximate surface area is 106 Å². The lowest BCUT2D eigenvalue weighted by atomic mass is 9.88. The molecule has 0 atom stereocenters. The van der Waals surface area contributed by atoms with Crippen molar-refractivity contribution in [3.8, 4) is 0 Å². The molecule has 1 rings (SSSR count). The lowest BCUT2D eigenvalue weighted by molar-refractivity contribution is 0.223. The first kappa shape index (κ1) is 14.5. The minimum absolute atomic E-state index is 0.148. The molecule has 0 spiro atoms. The second kappa shape index (κ2) is 5.85. The SMILES string of the molecule is CC(C)CCN(CCC(C)(C)C(=N)N)C1CC1. The molecule has 0 aromatic carbocycles. The summed E-state index contributed by atoms with van der Waals surface area (Å²) in [5.41, 5.74) is 5.49. The smallest absolute Gasteiger partial charge is 0.0963 e. The van der Waals surface area contributed by atoms with Gasteiger partial charge in [-0.25, -0.2) is 0 Å². The fraction of sp³-hybridized carbons (Fsp3) is 0.929. The zero-order valence-electron chi connectivity index (χ0n) is 11.9. The van der Waals surface area contributed by atoms with E-state index in [1.165, 1.54) is 25.8 Å². The lowest BCUT2D eigenvalue weighted by Gasteiger charge is -2.29. The fourth-order valence-corrected chi connectivity index (χ4v) is 1.90. The highest BCUT2D eigenvalue weighted by Crippen LogP contribution is 2.29. The summed E-state index contributed by atoms with van der Waals surface area (Å²) in [7, 11) is 0. The Morgan fingerprint density at radius 3 is 2.35 bits per heavy atom. The summed E-state index contributed by atoms with van der Waals surface area (Å²) < 4.78 is 0. The van der Waals surface area contributed by atoms with Gasteiger partial charge in [-0.2, -0.15) is 0 Å². The maximum Gasteiger partial charge on any atom is 0.0963 e. The summed E-state index contributed by atoms with van der Waals surface area (Å²) in [5, 5.41) is 7.59. The number of nitrogens with two attached hydrogens (primary N) is 1. The van der Waals surface area contributed by atoms with Gasteiger partial charge < -0.3 is 10.6 Å². The van der Waals surface area contributed by atoms with E-state index in [0.717, 1.165) is 24.9 Å². The van der Waals surface area contributed by atoms with E-state index in [4.69, 9.17) is 11.1 Å². The molecule has 1 saturated carbocycles. The van der Waals surface area contributed by atoms with Crippen molar-refractivity contribution in [2.24, 2.45) is 17.1 Å². The van der Waals surface area contributed by atoms with Gasteiger partial charge in [0.2, 0.25) is 0 Å². The highest BCUT2D eigenvalue weighted by molar-refractivity contribution is 5.82. The van der Waals surface area contributed by atoms with E-state index >= 15 is 0 Å². The van der Waals surface area contributed by atoms with Gasteiger partial charge in [-0.3, -0.25) is 5.41 Å². The minimum Gasteiger partial charge on any atom is -0.387 e. The van der Waals surface area contributed by atoms with Gasteiger partial charge in [0.15, 0.2) is 0 Å². The zero-order chi connectivity index (χ0) is 13.1. The highest BCUT2D eigenvalue weighted by Gasteiger charge is 2.30. The normalized spacial score (nSPS) is 16.8. The molecule has 100 valence electrons. The third-order valence-corrected chi connectivity index (χ3v) is 3.81. The van der Waals surface area contributed by atoms with Crippen LogP contribution in [0, 0.1) is 16.7 Å². The predicted molar refractivity (Wildman–Crippen MR) is 74.4 cm³/mol. The van der Waals surface area contributed by atoms with Crippen LogP contribution < -0.4 is 5.73 Å². The van der Waals surface area contributed by atoms with Crippen molar-refractivity contribution in [3.63, 3.8) is 0 Å². The van der Waals surface area contributed by atoms with Gasteiger partial charge in [0.1, 0.15) is 0 Å². The number of hydrogen-bond donors (Lipinski definition) is 2. The van der Waals surface area contributed by atoms with E-state index in [0.29, 0.717) is 5.84 Å². The average Bonchev–Trinajstić information content (AvgIpc) is 3.00. The Morgan fingerprint density at radius 1 is 1.35 bits per heavy atom. The molecule has 0 amide bonds. The third kappa shape index (κ3) is 5.07. The molecule has 1 fully saturated rings. The maximum absolute atomic E-state index is 7.59. The first-order valence-corrected chi connectivity index (χ1v) is 6.91. The summed E-state index contributed by atoms with van der Waals surface area (Å²) in [4.78, 5) is 2.60. The number of rotatable bonds is 8. The van der Waals surface area contributed by atoms with Gasteiger partial charge in [0, 0.05) is 11.5 Å². The Kier molecular flexibility index (Phi) is 4.99. The Morgan fingerprint density at radius 2 is 1.94 bits per heavy atom. The van der Waals surface area contributed by atoms with Crippen molar-refractivity contribution in [2.45, 2.75) is 59.4 Å². The van der Waals surface area contributed by atoms with Crippen LogP contribution in [0.3, 0.4) is 0 Å². The first-order valence-electron chi connectivity index (χ1n) is 6.91. The van der Waals surface area contributed by atoms with E-state index in [1.54, 1.807) is 0 Å². The standard InChI is InChI=1S/C14H29N3/c1-11(2)7-9-17(12-5-6-12)10-8-14(3,4)13(15)16/h11-12H,5-10H2,1-4H3,(H3,15,16). The molecular weight excluding hydrogens is 210 g/mol. The molecule has 3 heteroatoms. The van der Waals surface area contributed by atoms with Crippen molar-refractivity contribution in [1.82, 2.24) is 4.90 Å². The Balaban J connectivity index is 2.37. The number of amidine groups is 1. The van der Waals surface area contributed by atoms with E-state index < -0.39 is 0 Å². The van der Waals surface area contributed by atoms with Gasteiger partial charge in [0.25, 0.3) is 0 Å². The summed E-state index contributed by atoms with van der Waals surface area (Å²) in [6.07, 6.45) is 4.99. The van der Waals surface area contributed by atoms with Crippen LogP contribution in [-0.2, 0) is 0 Å². The van der Waals surface area contributed by atoms with Gasteiger partial charge in [-0.05, 0) is 44.7 Å². The van der Waals surface area contributed by atoms with Crippen molar-refractivity contribution >= 4 is 5.84 Å². The molecule has 0 aliphatic heterocycles. The quantitative estimate of drug-likeness (QED) is 0.505. The number of nitrogens with zero attached hydrogens (tertiary/aromatic N) is 1. The second-order valence-corrected chi connectivity index (χ2v) is 6.50. The molecule has 3 nitrogen and oxygen atoms in total. The lowest BCUT2D eigenvalue weighted by Crippen LogP contribution is -2.37. The molecule has 0 unspecified atom stereocenters. The molecule has 0 heterocycles. The van der Waals surface area contributed by atoms with Crippen molar-refractivity contribution in [2.75, 3.05) is 13.1 Å². The highest BCUT2D eigenvalue weighted by atomic mass is 15.2. The van der Waals surface area contributed by atoms with E-state index in [1.807, 2.05) is 0 Å². The van der Waals surface area contributed by atoms with Crippen LogP contribution in [0.5, 0.6) is 0 Å². The molecule has 17 heavy (non-hydrogen) atoms. The molecular formula is C14H29N3. The van der Waals surface area contributed by atoms with Crippen LogP contribution >= 0.6 is 0 Å². The summed E-state index contributed by atoms with van der Waals surface area (Å²) in [6.45, 7) is 11.0. The van der Waals surface area contributed by atoms with Crippen molar-refractivity contribution in [3.05, 3.63) is 0 Å². The molecule has 0 bridgehead atoms.